The third-order valence-corrected chi connectivity index (χ3v) is 8.49. The van der Waals surface area contributed by atoms with E-state index in [1.807, 2.05) is 6.92 Å². The molecule has 3 fully saturated rings. The number of carbonyl (C=O) groups is 2. The van der Waals surface area contributed by atoms with Gasteiger partial charge in [0.25, 0.3) is 5.60 Å². The number of hydrogen-bond acceptors (Lipinski definition) is 6. The first-order valence-corrected chi connectivity index (χ1v) is 11.7. The van der Waals surface area contributed by atoms with E-state index in [0.717, 1.165) is 25.7 Å². The van der Waals surface area contributed by atoms with Crippen LogP contribution in [0.1, 0.15) is 52.0 Å². The summed E-state index contributed by atoms with van der Waals surface area (Å²) in [7, 11) is 0.801. The van der Waals surface area contributed by atoms with Crippen molar-refractivity contribution < 1.29 is 42.1 Å². The lowest BCUT2D eigenvalue weighted by atomic mass is 9.53. The summed E-state index contributed by atoms with van der Waals surface area (Å²) in [4.78, 5) is 25.9. The van der Waals surface area contributed by atoms with Crippen LogP contribution in [0.4, 0.5) is 13.2 Å². The second-order valence-electron chi connectivity index (χ2n) is 10.2. The summed E-state index contributed by atoms with van der Waals surface area (Å²) >= 11 is 0. The molecule has 1 saturated heterocycles. The molecule has 188 valence electrons. The lowest BCUT2D eigenvalue weighted by Crippen LogP contribution is -2.69. The molecular weight excluding hydrogens is 453 g/mol. The van der Waals surface area contributed by atoms with E-state index in [-0.39, 0.29) is 24.2 Å². The van der Waals surface area contributed by atoms with Crippen LogP contribution in [0.15, 0.2) is 30.3 Å². The van der Waals surface area contributed by atoms with E-state index in [1.165, 1.54) is 25.1 Å². The van der Waals surface area contributed by atoms with Gasteiger partial charge in [-0.3, -0.25) is 4.79 Å². The predicted octanol–water partition coefficient (Wildman–Crippen LogP) is 4.14. The third kappa shape index (κ3) is 3.30. The second kappa shape index (κ2) is 8.22. The monoisotopic (exact) mass is 484 g/mol. The standard InChI is InChI=1S/C25H31F3O6/c1-14-10-11-18-15(2)19(29)33-23(18)17(14)12-13-22(3,20(23)30)34-21(31)24(32-4,25(26,27)28)16-8-6-5-7-9-16/h5-9,14-15,17-18,20,30H,10-13H2,1-4H3/t14-,15-,17+,18+,20-,22-,23+,24+/m1/s1. The van der Waals surface area contributed by atoms with Crippen molar-refractivity contribution >= 4 is 11.9 Å². The van der Waals surface area contributed by atoms with Crippen molar-refractivity contribution in [2.45, 2.75) is 75.5 Å². The van der Waals surface area contributed by atoms with Gasteiger partial charge in [-0.05, 0) is 38.5 Å². The highest BCUT2D eigenvalue weighted by molar-refractivity contribution is 5.83. The molecule has 9 heteroatoms. The summed E-state index contributed by atoms with van der Waals surface area (Å²) in [6.45, 7) is 5.18. The Kier molecular flexibility index (Phi) is 6.04. The fourth-order valence-electron chi connectivity index (χ4n) is 6.62. The van der Waals surface area contributed by atoms with Crippen LogP contribution in [0, 0.1) is 23.7 Å². The molecule has 2 aliphatic carbocycles. The van der Waals surface area contributed by atoms with Crippen LogP contribution in [0.5, 0.6) is 0 Å². The van der Waals surface area contributed by atoms with Crippen molar-refractivity contribution in [3.63, 3.8) is 0 Å². The highest BCUT2D eigenvalue weighted by Crippen LogP contribution is 2.60. The van der Waals surface area contributed by atoms with E-state index >= 15 is 0 Å². The van der Waals surface area contributed by atoms with Crippen molar-refractivity contribution in [2.75, 3.05) is 7.11 Å². The molecule has 1 aliphatic heterocycles. The van der Waals surface area contributed by atoms with E-state index in [0.29, 0.717) is 12.8 Å². The highest BCUT2D eigenvalue weighted by Gasteiger charge is 2.72. The molecule has 0 radical (unpaired) electrons. The Morgan fingerprint density at radius 2 is 1.76 bits per heavy atom. The van der Waals surface area contributed by atoms with Crippen LogP contribution in [0.25, 0.3) is 0 Å². The average Bonchev–Trinajstić information content (AvgIpc) is 3.03. The maximum absolute atomic E-state index is 14.4. The summed E-state index contributed by atoms with van der Waals surface area (Å²) < 4.78 is 59.4. The van der Waals surface area contributed by atoms with Gasteiger partial charge in [0.1, 0.15) is 17.3 Å². The Labute approximate surface area is 196 Å². The molecule has 6 nitrogen and oxygen atoms in total. The van der Waals surface area contributed by atoms with Crippen molar-refractivity contribution in [2.24, 2.45) is 23.7 Å². The van der Waals surface area contributed by atoms with E-state index in [2.05, 4.69) is 0 Å². The number of hydrogen-bond donors (Lipinski definition) is 1. The number of rotatable bonds is 4. The molecule has 34 heavy (non-hydrogen) atoms. The van der Waals surface area contributed by atoms with Gasteiger partial charge in [0, 0.05) is 24.5 Å². The van der Waals surface area contributed by atoms with Crippen molar-refractivity contribution in [3.8, 4) is 0 Å². The van der Waals surface area contributed by atoms with Crippen LogP contribution in [-0.2, 0) is 29.4 Å². The summed E-state index contributed by atoms with van der Waals surface area (Å²) in [5.41, 5.74) is -6.81. The number of benzene rings is 1. The smallest absolute Gasteiger partial charge is 0.432 e. The molecule has 2 saturated carbocycles. The predicted molar refractivity (Wildman–Crippen MR) is 114 cm³/mol. The Morgan fingerprint density at radius 1 is 1.12 bits per heavy atom. The molecule has 8 atom stereocenters. The molecule has 4 rings (SSSR count). The first-order valence-electron chi connectivity index (χ1n) is 11.7. The molecule has 1 heterocycles. The van der Waals surface area contributed by atoms with Gasteiger partial charge in [-0.15, -0.1) is 0 Å². The van der Waals surface area contributed by atoms with Crippen LogP contribution in [0.2, 0.25) is 0 Å². The molecule has 0 amide bonds. The molecule has 0 aromatic heterocycles. The van der Waals surface area contributed by atoms with Crippen LogP contribution >= 0.6 is 0 Å². The molecule has 1 aromatic rings. The molecule has 3 aliphatic rings. The van der Waals surface area contributed by atoms with Gasteiger partial charge in [-0.25, -0.2) is 4.79 Å². The number of esters is 2. The molecule has 1 spiro atoms. The maximum atomic E-state index is 14.4. The van der Waals surface area contributed by atoms with Gasteiger partial charge < -0.3 is 19.3 Å². The minimum atomic E-state index is -5.13. The lowest BCUT2D eigenvalue weighted by Gasteiger charge is -2.57. The summed E-state index contributed by atoms with van der Waals surface area (Å²) in [6.07, 6.45) is -4.55. The second-order valence-corrected chi connectivity index (χ2v) is 10.2. The first-order chi connectivity index (χ1) is 15.8. The number of aliphatic hydroxyl groups excluding tert-OH is 1. The fraction of sp³-hybridized carbons (Fsp3) is 0.680. The van der Waals surface area contributed by atoms with Crippen LogP contribution < -0.4 is 0 Å². The molecular formula is C25H31F3O6. The highest BCUT2D eigenvalue weighted by atomic mass is 19.4. The number of methoxy groups -OCH3 is 1. The number of aliphatic hydroxyl groups is 1. The summed E-state index contributed by atoms with van der Waals surface area (Å²) in [5.74, 6) is -2.90. The normalized spacial score (nSPS) is 39.4. The first kappa shape index (κ1) is 25.0. The van der Waals surface area contributed by atoms with Gasteiger partial charge in [0.2, 0.25) is 0 Å². The molecule has 0 unspecified atom stereocenters. The summed E-state index contributed by atoms with van der Waals surface area (Å²) in [6, 6.07) is 6.56. The Balaban J connectivity index is 1.74. The van der Waals surface area contributed by atoms with E-state index in [4.69, 9.17) is 14.2 Å². The third-order valence-electron chi connectivity index (χ3n) is 8.49. The SMILES string of the molecule is CO[C@](C(=O)O[C@]1(C)CC[C@H]2[C@H](C)CC[C@H]3[C@@H](C)C(=O)O[C@@]23[C@@H]1O)(c1ccccc1)C(F)(F)F. The molecule has 1 N–H and O–H groups in total. The Hall–Kier alpha value is -2.13. The number of alkyl halides is 3. The lowest BCUT2D eigenvalue weighted by molar-refractivity contribution is -0.295. The quantitative estimate of drug-likeness (QED) is 0.647. The Morgan fingerprint density at radius 3 is 2.35 bits per heavy atom. The van der Waals surface area contributed by atoms with Crippen molar-refractivity contribution in [1.29, 1.82) is 0 Å². The largest absolute Gasteiger partial charge is 0.455 e. The maximum Gasteiger partial charge on any atom is 0.432 e. The zero-order valence-corrected chi connectivity index (χ0v) is 19.7. The van der Waals surface area contributed by atoms with Gasteiger partial charge in [-0.1, -0.05) is 44.2 Å². The fourth-order valence-corrected chi connectivity index (χ4v) is 6.62. The zero-order chi connectivity index (χ0) is 25.1. The minimum Gasteiger partial charge on any atom is -0.455 e. The topological polar surface area (TPSA) is 82.1 Å². The van der Waals surface area contributed by atoms with E-state index in [9.17, 15) is 27.9 Å². The number of carbonyl (C=O) groups excluding carboxylic acids is 2. The van der Waals surface area contributed by atoms with Crippen molar-refractivity contribution in [3.05, 3.63) is 35.9 Å². The van der Waals surface area contributed by atoms with Gasteiger partial charge in [-0.2, -0.15) is 13.2 Å². The number of ether oxygens (including phenoxy) is 3. The van der Waals surface area contributed by atoms with Gasteiger partial charge >= 0.3 is 18.1 Å². The zero-order valence-electron chi connectivity index (χ0n) is 19.7. The van der Waals surface area contributed by atoms with Crippen LogP contribution in [0.3, 0.4) is 0 Å². The number of halogens is 3. The Bertz CT molecular complexity index is 952. The molecule has 0 bridgehead atoms. The van der Waals surface area contributed by atoms with Gasteiger partial charge in [0.15, 0.2) is 0 Å². The van der Waals surface area contributed by atoms with E-state index < -0.39 is 52.5 Å². The molecule has 1 aromatic carbocycles. The van der Waals surface area contributed by atoms with Crippen LogP contribution in [-0.4, -0.2) is 47.6 Å². The average molecular weight is 485 g/mol. The summed E-state index contributed by atoms with van der Waals surface area (Å²) in [5, 5.41) is 11.6. The van der Waals surface area contributed by atoms with E-state index in [1.54, 1.807) is 6.92 Å². The minimum absolute atomic E-state index is 0.127. The van der Waals surface area contributed by atoms with Gasteiger partial charge in [0.05, 0.1) is 5.92 Å². The van der Waals surface area contributed by atoms with Crippen molar-refractivity contribution in [1.82, 2.24) is 0 Å².